The van der Waals surface area contributed by atoms with Crippen LogP contribution in [0.2, 0.25) is 0 Å². The Morgan fingerprint density at radius 3 is 2.11 bits per heavy atom. The molecule has 248 valence electrons. The first-order valence-electron chi connectivity index (χ1n) is 14.1. The van der Waals surface area contributed by atoms with Gasteiger partial charge in [0, 0.05) is 19.6 Å². The van der Waals surface area contributed by atoms with Crippen LogP contribution in [0.1, 0.15) is 43.9 Å². The zero-order chi connectivity index (χ0) is 33.6. The average molecular weight is 651 g/mol. The third kappa shape index (κ3) is 13.4. The van der Waals surface area contributed by atoms with Gasteiger partial charge in [0.2, 0.25) is 15.9 Å². The van der Waals surface area contributed by atoms with Crippen LogP contribution in [0.4, 0.5) is 9.59 Å². The predicted octanol–water partition coefficient (Wildman–Crippen LogP) is 2.46. The lowest BCUT2D eigenvalue weighted by molar-refractivity contribution is -0.142. The molecule has 0 spiro atoms. The first kappa shape index (κ1) is 36.8. The summed E-state index contributed by atoms with van der Waals surface area (Å²) in [5, 5.41) is 7.58. The number of ether oxygens (including phenoxy) is 4. The van der Waals surface area contributed by atoms with E-state index in [0.29, 0.717) is 16.9 Å². The number of benzene rings is 2. The van der Waals surface area contributed by atoms with Crippen molar-refractivity contribution in [2.45, 2.75) is 64.2 Å². The Bertz CT molecular complexity index is 1400. The standard InChI is InChI=1S/C30H42N4O10S/c1-20-16-23(42-15-12-25(35)31-13-14-32-28(37)43-19-22-10-8-7-9-11-22)17-21(2)26(20)45(39,40)34-24(27(36)41-6)18-33-29(38)44-30(3,4)5/h7-11,16-17,24,34H,12-15,18-19H2,1-6H3,(H,31,35)(H,32,37)(H,33,38)/t24-/m0/s1. The smallest absolute Gasteiger partial charge is 0.407 e. The van der Waals surface area contributed by atoms with E-state index >= 15 is 0 Å². The zero-order valence-electron chi connectivity index (χ0n) is 26.4. The van der Waals surface area contributed by atoms with Gasteiger partial charge in [-0.1, -0.05) is 30.3 Å². The van der Waals surface area contributed by atoms with Gasteiger partial charge in [0.05, 0.1) is 25.0 Å². The Labute approximate surface area is 263 Å². The van der Waals surface area contributed by atoms with Gasteiger partial charge in [-0.05, 0) is 63.4 Å². The number of methoxy groups -OCH3 is 1. The molecule has 0 saturated carbocycles. The molecule has 0 saturated heterocycles. The summed E-state index contributed by atoms with van der Waals surface area (Å²) >= 11 is 0. The molecule has 14 nitrogen and oxygen atoms in total. The fourth-order valence-corrected chi connectivity index (χ4v) is 5.61. The van der Waals surface area contributed by atoms with Gasteiger partial charge in [0.25, 0.3) is 0 Å². The van der Waals surface area contributed by atoms with Crippen molar-refractivity contribution >= 4 is 34.1 Å². The van der Waals surface area contributed by atoms with Crippen LogP contribution in [0.5, 0.6) is 5.75 Å². The molecule has 45 heavy (non-hydrogen) atoms. The summed E-state index contributed by atoms with van der Waals surface area (Å²) in [6.07, 6.45) is -1.40. The minimum Gasteiger partial charge on any atom is -0.493 e. The molecule has 0 aromatic heterocycles. The van der Waals surface area contributed by atoms with E-state index in [1.165, 1.54) is 12.1 Å². The monoisotopic (exact) mass is 650 g/mol. The molecule has 0 unspecified atom stereocenters. The second-order valence-corrected chi connectivity index (χ2v) is 12.6. The van der Waals surface area contributed by atoms with Gasteiger partial charge < -0.3 is 34.9 Å². The Morgan fingerprint density at radius 1 is 0.889 bits per heavy atom. The highest BCUT2D eigenvalue weighted by molar-refractivity contribution is 7.89. The number of amides is 3. The number of hydrogen-bond donors (Lipinski definition) is 4. The highest BCUT2D eigenvalue weighted by atomic mass is 32.2. The second kappa shape index (κ2) is 17.2. The van der Waals surface area contributed by atoms with Crippen molar-refractivity contribution < 1.29 is 46.5 Å². The molecular formula is C30H42N4O10S. The van der Waals surface area contributed by atoms with Crippen LogP contribution < -0.4 is 25.4 Å². The van der Waals surface area contributed by atoms with Crippen molar-refractivity contribution in [3.05, 3.63) is 59.2 Å². The van der Waals surface area contributed by atoms with Crippen molar-refractivity contribution in [2.24, 2.45) is 0 Å². The number of esters is 1. The number of carbonyl (C=O) groups excluding carboxylic acids is 4. The van der Waals surface area contributed by atoms with Crippen LogP contribution >= 0.6 is 0 Å². The van der Waals surface area contributed by atoms with E-state index in [0.717, 1.165) is 12.7 Å². The Hall–Kier alpha value is -4.37. The lowest BCUT2D eigenvalue weighted by Gasteiger charge is -2.22. The van der Waals surface area contributed by atoms with E-state index in [2.05, 4.69) is 20.7 Å². The molecule has 3 amide bonds. The van der Waals surface area contributed by atoms with Gasteiger partial charge in [-0.3, -0.25) is 9.59 Å². The largest absolute Gasteiger partial charge is 0.493 e. The molecule has 4 N–H and O–H groups in total. The van der Waals surface area contributed by atoms with Crippen molar-refractivity contribution in [2.75, 3.05) is 33.4 Å². The summed E-state index contributed by atoms with van der Waals surface area (Å²) < 4.78 is 49.4. The molecule has 2 aromatic rings. The molecule has 0 radical (unpaired) electrons. The summed E-state index contributed by atoms with van der Waals surface area (Å²) in [4.78, 5) is 48.2. The van der Waals surface area contributed by atoms with Crippen LogP contribution in [0.3, 0.4) is 0 Å². The molecule has 2 rings (SSSR count). The summed E-state index contributed by atoms with van der Waals surface area (Å²) in [5.41, 5.74) is 0.729. The molecule has 0 aliphatic heterocycles. The molecule has 0 heterocycles. The number of sulfonamides is 1. The summed E-state index contributed by atoms with van der Waals surface area (Å²) in [7, 11) is -3.15. The quantitative estimate of drug-likeness (QED) is 0.127. The minimum absolute atomic E-state index is 0.0162. The summed E-state index contributed by atoms with van der Waals surface area (Å²) in [6.45, 7) is 8.23. The minimum atomic E-state index is -4.25. The maximum absolute atomic E-state index is 13.3. The number of aryl methyl sites for hydroxylation is 2. The first-order valence-corrected chi connectivity index (χ1v) is 15.6. The number of carbonyl (C=O) groups is 4. The number of hydrogen-bond acceptors (Lipinski definition) is 10. The van der Waals surface area contributed by atoms with E-state index in [1.54, 1.807) is 34.6 Å². The number of rotatable bonds is 15. The average Bonchev–Trinajstić information content (AvgIpc) is 2.95. The summed E-state index contributed by atoms with van der Waals surface area (Å²) in [6, 6.07) is 10.8. The van der Waals surface area contributed by atoms with Crippen molar-refractivity contribution in [1.29, 1.82) is 0 Å². The summed E-state index contributed by atoms with van der Waals surface area (Å²) in [5.74, 6) is -0.863. The lowest BCUT2D eigenvalue weighted by Crippen LogP contribution is -2.49. The van der Waals surface area contributed by atoms with Crippen LogP contribution in [0.25, 0.3) is 0 Å². The van der Waals surface area contributed by atoms with Crippen molar-refractivity contribution in [3.63, 3.8) is 0 Å². The normalized spacial score (nSPS) is 12.0. The van der Waals surface area contributed by atoms with Gasteiger partial charge in [-0.15, -0.1) is 0 Å². The van der Waals surface area contributed by atoms with Crippen LogP contribution in [0, 0.1) is 13.8 Å². The fraction of sp³-hybridized carbons (Fsp3) is 0.467. The molecule has 2 aromatic carbocycles. The maximum atomic E-state index is 13.3. The van der Waals surface area contributed by atoms with E-state index in [-0.39, 0.29) is 43.5 Å². The van der Waals surface area contributed by atoms with Gasteiger partial charge in [-0.2, -0.15) is 4.72 Å². The maximum Gasteiger partial charge on any atom is 0.407 e. The first-order chi connectivity index (χ1) is 21.1. The molecule has 0 fully saturated rings. The van der Waals surface area contributed by atoms with E-state index < -0.39 is 46.4 Å². The van der Waals surface area contributed by atoms with Crippen LogP contribution in [-0.2, 0) is 40.4 Å². The third-order valence-corrected chi connectivity index (χ3v) is 7.64. The van der Waals surface area contributed by atoms with E-state index in [9.17, 15) is 27.6 Å². The fourth-order valence-electron chi connectivity index (χ4n) is 3.97. The number of alkyl carbamates (subject to hydrolysis) is 2. The molecular weight excluding hydrogens is 608 g/mol. The predicted molar refractivity (Wildman–Crippen MR) is 164 cm³/mol. The van der Waals surface area contributed by atoms with E-state index in [1.807, 2.05) is 30.3 Å². The second-order valence-electron chi connectivity index (χ2n) is 10.9. The molecule has 0 aliphatic rings. The van der Waals surface area contributed by atoms with Crippen molar-refractivity contribution in [3.8, 4) is 5.75 Å². The Kier molecular flexibility index (Phi) is 14.1. The molecule has 0 aliphatic carbocycles. The van der Waals surface area contributed by atoms with Crippen molar-refractivity contribution in [1.82, 2.24) is 20.7 Å². The molecule has 15 heteroatoms. The van der Waals surface area contributed by atoms with E-state index in [4.69, 9.17) is 18.9 Å². The highest BCUT2D eigenvalue weighted by Crippen LogP contribution is 2.26. The number of nitrogens with one attached hydrogen (secondary N) is 4. The molecule has 1 atom stereocenters. The SMILES string of the molecule is COC(=O)[C@H](CNC(=O)OC(C)(C)C)NS(=O)(=O)c1c(C)cc(OCCC(=O)NCCNC(=O)OCc2ccccc2)cc1C. The third-order valence-electron chi connectivity index (χ3n) is 5.86. The van der Waals surface area contributed by atoms with Gasteiger partial charge >= 0.3 is 18.2 Å². The van der Waals surface area contributed by atoms with Gasteiger partial charge in [-0.25, -0.2) is 18.0 Å². The topological polar surface area (TPSA) is 187 Å². The highest BCUT2D eigenvalue weighted by Gasteiger charge is 2.30. The van der Waals surface area contributed by atoms with Crippen LogP contribution in [-0.4, -0.2) is 77.5 Å². The Balaban J connectivity index is 1.85. The van der Waals surface area contributed by atoms with Gasteiger partial charge in [0.15, 0.2) is 0 Å². The Morgan fingerprint density at radius 2 is 1.51 bits per heavy atom. The van der Waals surface area contributed by atoms with Crippen LogP contribution in [0.15, 0.2) is 47.4 Å². The zero-order valence-corrected chi connectivity index (χ0v) is 27.2. The molecule has 0 bridgehead atoms. The lowest BCUT2D eigenvalue weighted by atomic mass is 10.1. The van der Waals surface area contributed by atoms with Gasteiger partial charge in [0.1, 0.15) is 24.0 Å².